The van der Waals surface area contributed by atoms with E-state index in [1.165, 1.54) is 16.7 Å². The minimum absolute atomic E-state index is 0.218. The van der Waals surface area contributed by atoms with Crippen LogP contribution < -0.4 is 19.7 Å². The number of hydrogen-bond donors (Lipinski definition) is 2. The Kier molecular flexibility index (Phi) is 10.9. The van der Waals surface area contributed by atoms with Crippen LogP contribution in [0, 0.1) is 11.8 Å². The van der Waals surface area contributed by atoms with Gasteiger partial charge in [0.25, 0.3) is 5.91 Å². The number of rotatable bonds is 12. The van der Waals surface area contributed by atoms with E-state index in [0.29, 0.717) is 54.4 Å². The third-order valence-electron chi connectivity index (χ3n) is 12.4. The predicted molar refractivity (Wildman–Crippen MR) is 212 cm³/mol. The van der Waals surface area contributed by atoms with Gasteiger partial charge in [0.2, 0.25) is 11.8 Å². The number of aromatic hydroxyl groups is 1. The molecule has 3 heterocycles. The zero-order chi connectivity index (χ0) is 37.9. The van der Waals surface area contributed by atoms with E-state index in [1.807, 2.05) is 18.2 Å². The summed E-state index contributed by atoms with van der Waals surface area (Å²) in [5, 5.41) is 12.5. The number of aryl methyl sites for hydroxylation is 1. The van der Waals surface area contributed by atoms with Crippen molar-refractivity contribution < 1.29 is 29.0 Å². The first-order valence-electron chi connectivity index (χ1n) is 20.1. The molecule has 1 unspecified atom stereocenters. The quantitative estimate of drug-likeness (QED) is 0.163. The molecule has 0 saturated carbocycles. The van der Waals surface area contributed by atoms with Crippen molar-refractivity contribution in [3.05, 3.63) is 107 Å². The highest BCUT2D eigenvalue weighted by atomic mass is 16.5. The highest BCUT2D eigenvalue weighted by molar-refractivity contribution is 6.06. The minimum atomic E-state index is -0.647. The second-order valence-corrected chi connectivity index (χ2v) is 15.7. The number of allylic oxidation sites excluding steroid dienone is 4. The first-order chi connectivity index (χ1) is 26.9. The van der Waals surface area contributed by atoms with Crippen LogP contribution in [0.2, 0.25) is 0 Å². The number of nitrogens with one attached hydrogen (secondary N) is 1. The van der Waals surface area contributed by atoms with Crippen LogP contribution in [0.5, 0.6) is 17.2 Å². The maximum absolute atomic E-state index is 13.4. The molecular weight excluding hydrogens is 693 g/mol. The summed E-state index contributed by atoms with van der Waals surface area (Å²) in [5.41, 5.74) is 6.32. The third kappa shape index (κ3) is 7.87. The number of methoxy groups -OCH3 is 1. The molecule has 55 heavy (non-hydrogen) atoms. The number of fused-ring (bicyclic) bond motifs is 2. The topological polar surface area (TPSA) is 112 Å². The molecule has 0 radical (unpaired) electrons. The second-order valence-electron chi connectivity index (χ2n) is 15.7. The number of phenolic OH excluding ortho intramolecular Hbond substituents is 1. The summed E-state index contributed by atoms with van der Waals surface area (Å²) >= 11 is 0. The number of piperazine rings is 1. The van der Waals surface area contributed by atoms with Crippen LogP contribution in [-0.4, -0.2) is 85.1 Å². The molecule has 0 bridgehead atoms. The van der Waals surface area contributed by atoms with Gasteiger partial charge in [0, 0.05) is 56.8 Å². The van der Waals surface area contributed by atoms with Crippen molar-refractivity contribution in [1.29, 1.82) is 0 Å². The summed E-state index contributed by atoms with van der Waals surface area (Å²) < 4.78 is 11.9. The van der Waals surface area contributed by atoms with Gasteiger partial charge in [0.05, 0.1) is 19.3 Å². The maximum Gasteiger partial charge on any atom is 0.258 e. The molecule has 2 aliphatic carbocycles. The van der Waals surface area contributed by atoms with Crippen LogP contribution in [0.1, 0.15) is 83.5 Å². The van der Waals surface area contributed by atoms with E-state index in [1.54, 1.807) is 12.0 Å². The van der Waals surface area contributed by atoms with Crippen LogP contribution in [-0.2, 0) is 22.6 Å². The lowest BCUT2D eigenvalue weighted by Gasteiger charge is -2.38. The fourth-order valence-electron chi connectivity index (χ4n) is 9.44. The Morgan fingerprint density at radius 3 is 2.47 bits per heavy atom. The molecule has 288 valence electrons. The molecule has 0 spiro atoms. The summed E-state index contributed by atoms with van der Waals surface area (Å²) in [6.07, 6.45) is 16.0. The Morgan fingerprint density at radius 2 is 1.71 bits per heavy atom. The number of carbonyl (C=O) groups excluding carboxylic acids is 3. The average Bonchev–Trinajstić information content (AvgIpc) is 3.54. The van der Waals surface area contributed by atoms with Gasteiger partial charge in [-0.3, -0.25) is 24.6 Å². The first-order valence-corrected chi connectivity index (χ1v) is 20.1. The molecule has 2 saturated heterocycles. The number of ether oxygens (including phenoxy) is 2. The maximum atomic E-state index is 13.4. The number of phenols is 1. The zero-order valence-electron chi connectivity index (χ0n) is 31.8. The van der Waals surface area contributed by atoms with E-state index in [0.717, 1.165) is 88.2 Å². The fraction of sp³-hybridized carbons (Fsp3) is 0.444. The molecular formula is C45H52N4O6. The van der Waals surface area contributed by atoms with Gasteiger partial charge in [0.1, 0.15) is 23.3 Å². The lowest BCUT2D eigenvalue weighted by atomic mass is 9.66. The van der Waals surface area contributed by atoms with Gasteiger partial charge < -0.3 is 24.4 Å². The molecule has 4 atom stereocenters. The molecule has 3 aromatic rings. The van der Waals surface area contributed by atoms with Gasteiger partial charge in [-0.05, 0) is 116 Å². The molecule has 8 rings (SSSR count). The van der Waals surface area contributed by atoms with Crippen LogP contribution in [0.3, 0.4) is 0 Å². The summed E-state index contributed by atoms with van der Waals surface area (Å²) in [5.74, 6) is 2.20. The lowest BCUT2D eigenvalue weighted by molar-refractivity contribution is -0.136. The summed E-state index contributed by atoms with van der Waals surface area (Å²) in [4.78, 5) is 44.0. The summed E-state index contributed by atoms with van der Waals surface area (Å²) in [6.45, 7) is 5.78. The summed E-state index contributed by atoms with van der Waals surface area (Å²) in [6, 6.07) is 18.0. The second kappa shape index (κ2) is 16.3. The van der Waals surface area contributed by atoms with E-state index in [9.17, 15) is 19.5 Å². The predicted octanol–water partition coefficient (Wildman–Crippen LogP) is 6.36. The van der Waals surface area contributed by atoms with Gasteiger partial charge in [-0.2, -0.15) is 0 Å². The Labute approximate surface area is 323 Å². The number of hydrogen-bond acceptors (Lipinski definition) is 8. The fourth-order valence-corrected chi connectivity index (χ4v) is 9.44. The number of piperidine rings is 1. The van der Waals surface area contributed by atoms with Crippen LogP contribution in [0.25, 0.3) is 0 Å². The van der Waals surface area contributed by atoms with Crippen molar-refractivity contribution in [3.8, 4) is 17.2 Å². The number of anilines is 1. The molecule has 10 heteroatoms. The van der Waals surface area contributed by atoms with Crippen molar-refractivity contribution in [3.63, 3.8) is 0 Å². The zero-order valence-corrected chi connectivity index (χ0v) is 31.8. The smallest absolute Gasteiger partial charge is 0.258 e. The van der Waals surface area contributed by atoms with E-state index >= 15 is 0 Å². The Hall–Kier alpha value is -5.09. The van der Waals surface area contributed by atoms with Crippen LogP contribution in [0.4, 0.5) is 5.69 Å². The van der Waals surface area contributed by atoms with Gasteiger partial charge in [-0.15, -0.1) is 0 Å². The number of imide groups is 1. The van der Waals surface area contributed by atoms with E-state index in [4.69, 9.17) is 9.47 Å². The SMILES string of the molecule is COc1cc(N2CCN(CCCCCOc3ccc([C@@H]4c5ccc(O)cc5CC[C@@H]4C4C=CC=CC4)cc3)CC2)cc2c1C(=O)N([C@@H]1CCC(=O)NC1=O)C2. The normalized spacial score (nSPS) is 23.8. The van der Waals surface area contributed by atoms with Gasteiger partial charge >= 0.3 is 0 Å². The number of nitrogens with zero attached hydrogens (tertiary/aromatic N) is 3. The van der Waals surface area contributed by atoms with Crippen molar-refractivity contribution in [2.75, 3.05) is 51.3 Å². The van der Waals surface area contributed by atoms with Crippen molar-refractivity contribution in [2.24, 2.45) is 11.8 Å². The van der Waals surface area contributed by atoms with E-state index < -0.39 is 11.9 Å². The standard InChI is InChI=1S/C45H52N4O6/c1-54-40-28-34(26-33-29-49(45(53)43(33)40)39-18-19-41(51)46-44(39)52)48-23-21-47(22-24-48)20-6-3-7-25-55-36-14-10-31(11-15-36)42-37(30-8-4-2-5-9-30)16-12-32-27-35(50)13-17-38(32)42/h2,4-5,8,10-11,13-15,17,26-28,30,37,39,42,50H,3,6-7,9,12,16,18-25,29H2,1H3,(H,46,51,52)/t30?,37-,39-,42+/m1/s1. The number of amides is 3. The Balaban J connectivity index is 0.787. The van der Waals surface area contributed by atoms with Gasteiger partial charge in [-0.25, -0.2) is 0 Å². The molecule has 2 fully saturated rings. The molecule has 3 amide bonds. The number of benzene rings is 3. The molecule has 3 aromatic carbocycles. The molecule has 3 aliphatic heterocycles. The van der Waals surface area contributed by atoms with E-state index in [2.05, 4.69) is 75.8 Å². The third-order valence-corrected chi connectivity index (χ3v) is 12.4. The largest absolute Gasteiger partial charge is 0.508 e. The Morgan fingerprint density at radius 1 is 0.873 bits per heavy atom. The highest BCUT2D eigenvalue weighted by Crippen LogP contribution is 2.47. The van der Waals surface area contributed by atoms with Crippen LogP contribution >= 0.6 is 0 Å². The molecule has 0 aromatic heterocycles. The minimum Gasteiger partial charge on any atom is -0.508 e. The molecule has 5 aliphatic rings. The highest BCUT2D eigenvalue weighted by Gasteiger charge is 2.41. The first kappa shape index (κ1) is 36.9. The van der Waals surface area contributed by atoms with Gasteiger partial charge in [-0.1, -0.05) is 42.5 Å². The molecule has 10 nitrogen and oxygen atoms in total. The number of carbonyl (C=O) groups is 3. The molecule has 2 N–H and O–H groups in total. The average molecular weight is 745 g/mol. The van der Waals surface area contributed by atoms with Crippen LogP contribution in [0.15, 0.2) is 78.9 Å². The Bertz CT molecular complexity index is 1970. The van der Waals surface area contributed by atoms with Crippen molar-refractivity contribution >= 4 is 23.4 Å². The number of unbranched alkanes of at least 4 members (excludes halogenated alkanes) is 2. The van der Waals surface area contributed by atoms with Gasteiger partial charge in [0.15, 0.2) is 0 Å². The summed E-state index contributed by atoms with van der Waals surface area (Å²) in [7, 11) is 1.58. The van der Waals surface area contributed by atoms with E-state index in [-0.39, 0.29) is 18.2 Å². The van der Waals surface area contributed by atoms with Crippen molar-refractivity contribution in [1.82, 2.24) is 15.1 Å². The lowest BCUT2D eigenvalue weighted by Crippen LogP contribution is -2.52. The monoisotopic (exact) mass is 744 g/mol. The van der Waals surface area contributed by atoms with Crippen molar-refractivity contribution in [2.45, 2.75) is 69.9 Å².